The van der Waals surface area contributed by atoms with Gasteiger partial charge in [0, 0.05) is 19.2 Å². The molecular formula is C11H10F5N3O. The maximum atomic E-state index is 12.9. The highest BCUT2D eigenvalue weighted by Crippen LogP contribution is 2.29. The monoisotopic (exact) mass is 295 g/mol. The molecule has 1 N–H and O–H groups in total. The summed E-state index contributed by atoms with van der Waals surface area (Å²) < 4.78 is 62.7. The number of aromatic nitrogens is 1. The molecule has 0 unspecified atom stereocenters. The number of amides is 1. The van der Waals surface area contributed by atoms with Gasteiger partial charge in [-0.2, -0.15) is 22.0 Å². The van der Waals surface area contributed by atoms with Crippen LogP contribution in [0.3, 0.4) is 0 Å². The van der Waals surface area contributed by atoms with Gasteiger partial charge in [0.15, 0.2) is 0 Å². The molecule has 1 amide bonds. The molecule has 9 heteroatoms. The standard InChI is InChI=1S/C11H10F5N3O/c12-10(13)3-4-19(9(10)20)18-6-8-2-1-7(5-17-8)11(14,15)16/h1-2,5,18H,3-4,6H2. The Morgan fingerprint density at radius 1 is 1.35 bits per heavy atom. The molecule has 0 aliphatic carbocycles. The largest absolute Gasteiger partial charge is 0.417 e. The second kappa shape index (κ2) is 4.97. The number of rotatable bonds is 3. The van der Waals surface area contributed by atoms with Crippen molar-refractivity contribution in [2.45, 2.75) is 25.1 Å². The number of carbonyl (C=O) groups is 1. The van der Waals surface area contributed by atoms with Crippen LogP contribution in [0.25, 0.3) is 0 Å². The number of hydrogen-bond acceptors (Lipinski definition) is 3. The third-order valence-corrected chi connectivity index (χ3v) is 2.81. The van der Waals surface area contributed by atoms with Crippen molar-refractivity contribution in [1.29, 1.82) is 0 Å². The molecule has 1 saturated heterocycles. The molecule has 1 aliphatic rings. The van der Waals surface area contributed by atoms with Crippen molar-refractivity contribution in [2.75, 3.05) is 6.54 Å². The van der Waals surface area contributed by atoms with Crippen molar-refractivity contribution in [1.82, 2.24) is 15.4 Å². The molecule has 110 valence electrons. The Labute approximate surface area is 110 Å². The van der Waals surface area contributed by atoms with Gasteiger partial charge in [0.05, 0.1) is 17.8 Å². The molecule has 2 heterocycles. The van der Waals surface area contributed by atoms with E-state index in [-0.39, 0.29) is 18.8 Å². The number of nitrogens with zero attached hydrogens (tertiary/aromatic N) is 2. The molecule has 2 rings (SSSR count). The number of hydrogen-bond donors (Lipinski definition) is 1. The van der Waals surface area contributed by atoms with Gasteiger partial charge in [-0.15, -0.1) is 0 Å². The van der Waals surface area contributed by atoms with Crippen molar-refractivity contribution in [3.8, 4) is 0 Å². The summed E-state index contributed by atoms with van der Waals surface area (Å²) in [6.45, 7) is -0.271. The lowest BCUT2D eigenvalue weighted by molar-refractivity contribution is -0.150. The molecule has 0 radical (unpaired) electrons. The van der Waals surface area contributed by atoms with Gasteiger partial charge < -0.3 is 0 Å². The van der Waals surface area contributed by atoms with E-state index >= 15 is 0 Å². The first-order valence-corrected chi connectivity index (χ1v) is 5.65. The molecule has 1 aliphatic heterocycles. The van der Waals surface area contributed by atoms with Crippen LogP contribution in [0, 0.1) is 0 Å². The van der Waals surface area contributed by atoms with Gasteiger partial charge in [-0.05, 0) is 12.1 Å². The van der Waals surface area contributed by atoms with Crippen LogP contribution in [0.2, 0.25) is 0 Å². The smallest absolute Gasteiger partial charge is 0.272 e. The molecule has 0 aromatic carbocycles. The highest BCUT2D eigenvalue weighted by Gasteiger charge is 2.48. The van der Waals surface area contributed by atoms with E-state index in [1.54, 1.807) is 0 Å². The third-order valence-electron chi connectivity index (χ3n) is 2.81. The zero-order valence-electron chi connectivity index (χ0n) is 10.0. The highest BCUT2D eigenvalue weighted by atomic mass is 19.4. The fourth-order valence-corrected chi connectivity index (χ4v) is 1.68. The summed E-state index contributed by atoms with van der Waals surface area (Å²) in [6.07, 6.45) is -4.41. The van der Waals surface area contributed by atoms with Gasteiger partial charge in [0.1, 0.15) is 0 Å². The summed E-state index contributed by atoms with van der Waals surface area (Å²) in [7, 11) is 0. The van der Waals surface area contributed by atoms with Crippen LogP contribution in [-0.4, -0.2) is 28.4 Å². The summed E-state index contributed by atoms with van der Waals surface area (Å²) in [5.41, 5.74) is 1.73. The summed E-state index contributed by atoms with van der Waals surface area (Å²) >= 11 is 0. The van der Waals surface area contributed by atoms with Gasteiger partial charge in [-0.25, -0.2) is 5.43 Å². The summed E-state index contributed by atoms with van der Waals surface area (Å²) in [5.74, 6) is -4.73. The molecule has 4 nitrogen and oxygen atoms in total. The summed E-state index contributed by atoms with van der Waals surface area (Å²) in [5, 5.41) is 0.749. The molecule has 1 aromatic rings. The lowest BCUT2D eigenvalue weighted by Gasteiger charge is -2.17. The Bertz CT molecular complexity index is 500. The molecule has 20 heavy (non-hydrogen) atoms. The number of nitrogens with one attached hydrogen (secondary N) is 1. The van der Waals surface area contributed by atoms with Crippen LogP contribution >= 0.6 is 0 Å². The average Bonchev–Trinajstić information content (AvgIpc) is 2.62. The average molecular weight is 295 g/mol. The van der Waals surface area contributed by atoms with E-state index in [1.807, 2.05) is 0 Å². The third kappa shape index (κ3) is 3.03. The number of carbonyl (C=O) groups excluding carboxylic acids is 1. The van der Waals surface area contributed by atoms with Crippen molar-refractivity contribution >= 4 is 5.91 Å². The Hall–Kier alpha value is -1.77. The summed E-state index contributed by atoms with van der Waals surface area (Å²) in [4.78, 5) is 14.7. The van der Waals surface area contributed by atoms with E-state index < -0.39 is 30.0 Å². The molecule has 0 spiro atoms. The Morgan fingerprint density at radius 2 is 2.05 bits per heavy atom. The summed E-state index contributed by atoms with van der Waals surface area (Å²) in [6, 6.07) is 1.96. The fraction of sp³-hybridized carbons (Fsp3) is 0.455. The number of alkyl halides is 5. The van der Waals surface area contributed by atoms with Crippen LogP contribution < -0.4 is 5.43 Å². The Morgan fingerprint density at radius 3 is 2.50 bits per heavy atom. The number of hydrazine groups is 1. The Balaban J connectivity index is 1.94. The van der Waals surface area contributed by atoms with Gasteiger partial charge in [0.2, 0.25) is 0 Å². The van der Waals surface area contributed by atoms with Gasteiger partial charge in [-0.3, -0.25) is 14.8 Å². The first-order valence-electron chi connectivity index (χ1n) is 5.65. The second-order valence-corrected chi connectivity index (χ2v) is 4.28. The normalized spacial score (nSPS) is 18.6. The molecule has 1 fully saturated rings. The highest BCUT2D eigenvalue weighted by molar-refractivity contribution is 5.85. The molecule has 1 aromatic heterocycles. The maximum Gasteiger partial charge on any atom is 0.417 e. The minimum atomic E-state index is -4.48. The lowest BCUT2D eigenvalue weighted by atomic mass is 10.2. The fourth-order valence-electron chi connectivity index (χ4n) is 1.68. The van der Waals surface area contributed by atoms with Crippen LogP contribution in [0.5, 0.6) is 0 Å². The first-order chi connectivity index (χ1) is 9.20. The molecule has 0 bridgehead atoms. The zero-order chi connectivity index (χ0) is 15.0. The van der Waals surface area contributed by atoms with E-state index in [2.05, 4.69) is 10.4 Å². The topological polar surface area (TPSA) is 45.2 Å². The minimum Gasteiger partial charge on any atom is -0.272 e. The van der Waals surface area contributed by atoms with Crippen molar-refractivity contribution < 1.29 is 26.7 Å². The molecule has 0 saturated carbocycles. The van der Waals surface area contributed by atoms with Crippen LogP contribution in [-0.2, 0) is 17.5 Å². The van der Waals surface area contributed by atoms with Crippen molar-refractivity contribution in [2.24, 2.45) is 0 Å². The van der Waals surface area contributed by atoms with Gasteiger partial charge >= 0.3 is 18.0 Å². The van der Waals surface area contributed by atoms with Gasteiger partial charge in [-0.1, -0.05) is 0 Å². The predicted molar refractivity (Wildman–Crippen MR) is 57.4 cm³/mol. The van der Waals surface area contributed by atoms with E-state index in [1.165, 1.54) is 0 Å². The second-order valence-electron chi connectivity index (χ2n) is 4.28. The van der Waals surface area contributed by atoms with Crippen molar-refractivity contribution in [3.63, 3.8) is 0 Å². The lowest BCUT2D eigenvalue weighted by Crippen LogP contribution is -2.42. The molecular weight excluding hydrogens is 285 g/mol. The zero-order valence-corrected chi connectivity index (χ0v) is 10.0. The van der Waals surface area contributed by atoms with Crippen molar-refractivity contribution in [3.05, 3.63) is 29.6 Å². The van der Waals surface area contributed by atoms with Crippen LogP contribution in [0.1, 0.15) is 17.7 Å². The first kappa shape index (κ1) is 14.6. The van der Waals surface area contributed by atoms with Gasteiger partial charge in [0.25, 0.3) is 0 Å². The van der Waals surface area contributed by atoms with E-state index in [9.17, 15) is 26.7 Å². The van der Waals surface area contributed by atoms with E-state index in [0.717, 1.165) is 17.1 Å². The molecule has 0 atom stereocenters. The predicted octanol–water partition coefficient (Wildman–Crippen LogP) is 1.97. The van der Waals surface area contributed by atoms with Crippen LogP contribution in [0.4, 0.5) is 22.0 Å². The SMILES string of the molecule is O=C1N(NCc2ccc(C(F)(F)F)cn2)CCC1(F)F. The number of halogens is 5. The van der Waals surface area contributed by atoms with E-state index in [4.69, 9.17) is 0 Å². The van der Waals surface area contributed by atoms with Crippen LogP contribution in [0.15, 0.2) is 18.3 Å². The van der Waals surface area contributed by atoms with E-state index in [0.29, 0.717) is 6.20 Å². The minimum absolute atomic E-state index is 0.111. The maximum absolute atomic E-state index is 12.9. The quantitative estimate of drug-likeness (QED) is 0.867. The number of pyridine rings is 1. The Kier molecular flexibility index (Phi) is 3.63.